The Morgan fingerprint density at radius 1 is 1.32 bits per heavy atom. The van der Waals surface area contributed by atoms with Crippen LogP contribution in [-0.2, 0) is 0 Å². The van der Waals surface area contributed by atoms with Gasteiger partial charge >= 0.3 is 6.03 Å². The van der Waals surface area contributed by atoms with Crippen LogP contribution in [0.15, 0.2) is 35.1 Å². The normalized spacial score (nSPS) is 15.8. The molecule has 1 unspecified atom stereocenters. The number of methoxy groups -OCH3 is 1. The minimum Gasteiger partial charge on any atom is -0.497 e. The molecule has 2 amide bonds. The quantitative estimate of drug-likeness (QED) is 0.842. The van der Waals surface area contributed by atoms with Crippen LogP contribution < -0.4 is 15.4 Å². The number of urea groups is 1. The molecule has 0 radical (unpaired) electrons. The summed E-state index contributed by atoms with van der Waals surface area (Å²) in [6.07, 6.45) is 3.88. The number of benzene rings is 1. The number of likely N-dealkylation sites (tertiary alicyclic amines) is 1. The summed E-state index contributed by atoms with van der Waals surface area (Å²) < 4.78 is 10.1. The first-order chi connectivity index (χ1) is 12.2. The van der Waals surface area contributed by atoms with Gasteiger partial charge in [0.1, 0.15) is 12.0 Å². The Morgan fingerprint density at radius 2 is 2.04 bits per heavy atom. The van der Waals surface area contributed by atoms with Crippen molar-refractivity contribution in [2.45, 2.75) is 25.8 Å². The zero-order chi connectivity index (χ0) is 17.6. The highest BCUT2D eigenvalue weighted by Gasteiger charge is 2.24. The minimum atomic E-state index is -0.283. The second-order valence-electron chi connectivity index (χ2n) is 6.21. The first-order valence-electron chi connectivity index (χ1n) is 8.51. The third kappa shape index (κ3) is 4.30. The highest BCUT2D eigenvalue weighted by molar-refractivity contribution is 5.88. The van der Waals surface area contributed by atoms with Crippen molar-refractivity contribution < 1.29 is 14.1 Å². The molecule has 1 aliphatic heterocycles. The molecule has 7 heteroatoms. The van der Waals surface area contributed by atoms with Crippen molar-refractivity contribution in [2.75, 3.05) is 32.1 Å². The van der Waals surface area contributed by atoms with Gasteiger partial charge in [0, 0.05) is 12.1 Å². The first kappa shape index (κ1) is 17.3. The molecule has 1 aliphatic rings. The van der Waals surface area contributed by atoms with Gasteiger partial charge in [-0.25, -0.2) is 4.79 Å². The zero-order valence-electron chi connectivity index (χ0n) is 14.6. The van der Waals surface area contributed by atoms with Gasteiger partial charge in [0.05, 0.1) is 13.2 Å². The average molecular weight is 344 g/mol. The van der Waals surface area contributed by atoms with E-state index in [2.05, 4.69) is 32.8 Å². The van der Waals surface area contributed by atoms with E-state index >= 15 is 0 Å². The van der Waals surface area contributed by atoms with Crippen LogP contribution in [0.4, 0.5) is 10.6 Å². The number of nitrogens with one attached hydrogen (secondary N) is 2. The first-order valence-corrected chi connectivity index (χ1v) is 8.51. The Labute approximate surface area is 147 Å². The van der Waals surface area contributed by atoms with Crippen molar-refractivity contribution in [1.29, 1.82) is 0 Å². The maximum Gasteiger partial charge on any atom is 0.320 e. The van der Waals surface area contributed by atoms with E-state index in [-0.39, 0.29) is 12.1 Å². The Balaban J connectivity index is 1.65. The van der Waals surface area contributed by atoms with Crippen LogP contribution in [0.1, 0.15) is 30.0 Å². The molecule has 3 rings (SSSR count). The van der Waals surface area contributed by atoms with E-state index in [0.29, 0.717) is 12.4 Å². The SMILES string of the molecule is COc1ccc(C(CNC(=O)Nc2nocc2C)N2CCCC2)cc1. The van der Waals surface area contributed by atoms with E-state index in [1.807, 2.05) is 19.1 Å². The van der Waals surface area contributed by atoms with Gasteiger partial charge in [-0.2, -0.15) is 0 Å². The molecule has 2 N–H and O–H groups in total. The van der Waals surface area contributed by atoms with Gasteiger partial charge < -0.3 is 14.6 Å². The van der Waals surface area contributed by atoms with Crippen LogP contribution in [-0.4, -0.2) is 42.8 Å². The molecule has 2 aromatic rings. The molecule has 7 nitrogen and oxygen atoms in total. The fraction of sp³-hybridized carbons (Fsp3) is 0.444. The van der Waals surface area contributed by atoms with Gasteiger partial charge in [0.25, 0.3) is 0 Å². The minimum absolute atomic E-state index is 0.137. The molecule has 1 fully saturated rings. The summed E-state index contributed by atoms with van der Waals surface area (Å²) in [7, 11) is 1.66. The topological polar surface area (TPSA) is 79.6 Å². The predicted octanol–water partition coefficient (Wildman–Crippen LogP) is 2.95. The summed E-state index contributed by atoms with van der Waals surface area (Å²) in [6.45, 7) is 4.44. The van der Waals surface area contributed by atoms with Crippen LogP contribution in [0.5, 0.6) is 5.75 Å². The smallest absolute Gasteiger partial charge is 0.320 e. The average Bonchev–Trinajstić information content (AvgIpc) is 3.28. The molecule has 1 aromatic heterocycles. The summed E-state index contributed by atoms with van der Waals surface area (Å²) in [5.41, 5.74) is 1.96. The lowest BCUT2D eigenvalue weighted by Crippen LogP contribution is -2.38. The lowest BCUT2D eigenvalue weighted by atomic mass is 10.1. The highest BCUT2D eigenvalue weighted by Crippen LogP contribution is 2.26. The lowest BCUT2D eigenvalue weighted by Gasteiger charge is -2.28. The molecule has 1 aromatic carbocycles. The molecule has 0 bridgehead atoms. The van der Waals surface area contributed by atoms with Crippen LogP contribution in [0.2, 0.25) is 0 Å². The summed E-state index contributed by atoms with van der Waals surface area (Å²) >= 11 is 0. The third-order valence-electron chi connectivity index (χ3n) is 4.52. The Kier molecular flexibility index (Phi) is 5.55. The summed E-state index contributed by atoms with van der Waals surface area (Å²) in [5, 5.41) is 9.43. The summed E-state index contributed by atoms with van der Waals surface area (Å²) in [4.78, 5) is 14.6. The van der Waals surface area contributed by atoms with Gasteiger partial charge in [-0.05, 0) is 50.6 Å². The number of rotatable bonds is 6. The largest absolute Gasteiger partial charge is 0.497 e. The Hall–Kier alpha value is -2.54. The van der Waals surface area contributed by atoms with E-state index in [4.69, 9.17) is 9.26 Å². The highest BCUT2D eigenvalue weighted by atomic mass is 16.5. The van der Waals surface area contributed by atoms with Gasteiger partial charge in [-0.15, -0.1) is 0 Å². The van der Waals surface area contributed by atoms with E-state index in [1.54, 1.807) is 7.11 Å². The number of carbonyl (C=O) groups excluding carboxylic acids is 1. The van der Waals surface area contributed by atoms with Crippen molar-refractivity contribution in [2.24, 2.45) is 0 Å². The maximum absolute atomic E-state index is 12.2. The Bertz CT molecular complexity index is 693. The number of hydrogen-bond acceptors (Lipinski definition) is 5. The number of aromatic nitrogens is 1. The van der Waals surface area contributed by atoms with Gasteiger partial charge in [0.2, 0.25) is 0 Å². The number of nitrogens with zero attached hydrogens (tertiary/aromatic N) is 2. The number of amides is 2. The second kappa shape index (κ2) is 8.02. The van der Waals surface area contributed by atoms with Crippen LogP contribution in [0, 0.1) is 6.92 Å². The fourth-order valence-electron chi connectivity index (χ4n) is 3.09. The predicted molar refractivity (Wildman–Crippen MR) is 94.8 cm³/mol. The van der Waals surface area contributed by atoms with E-state index in [9.17, 15) is 4.79 Å². The van der Waals surface area contributed by atoms with Crippen molar-refractivity contribution >= 4 is 11.8 Å². The summed E-state index contributed by atoms with van der Waals surface area (Å²) in [5.74, 6) is 1.27. The molecular weight excluding hydrogens is 320 g/mol. The van der Waals surface area contributed by atoms with Crippen LogP contribution >= 0.6 is 0 Å². The molecule has 1 atom stereocenters. The molecule has 25 heavy (non-hydrogen) atoms. The molecule has 2 heterocycles. The van der Waals surface area contributed by atoms with E-state index in [1.165, 1.54) is 24.7 Å². The van der Waals surface area contributed by atoms with Crippen molar-refractivity contribution in [3.8, 4) is 5.75 Å². The van der Waals surface area contributed by atoms with Crippen LogP contribution in [0.3, 0.4) is 0 Å². The lowest BCUT2D eigenvalue weighted by molar-refractivity contribution is 0.227. The number of hydrogen-bond donors (Lipinski definition) is 2. The zero-order valence-corrected chi connectivity index (χ0v) is 14.6. The second-order valence-corrected chi connectivity index (χ2v) is 6.21. The third-order valence-corrected chi connectivity index (χ3v) is 4.52. The molecular formula is C18H24N4O3. The molecule has 134 valence electrons. The fourth-order valence-corrected chi connectivity index (χ4v) is 3.09. The van der Waals surface area contributed by atoms with Crippen molar-refractivity contribution in [1.82, 2.24) is 15.4 Å². The van der Waals surface area contributed by atoms with E-state index in [0.717, 1.165) is 24.4 Å². The monoisotopic (exact) mass is 344 g/mol. The van der Waals surface area contributed by atoms with Gasteiger partial charge in [-0.3, -0.25) is 10.2 Å². The number of anilines is 1. The molecule has 0 aliphatic carbocycles. The van der Waals surface area contributed by atoms with Gasteiger partial charge in [-0.1, -0.05) is 17.3 Å². The number of ether oxygens (including phenoxy) is 1. The van der Waals surface area contributed by atoms with Crippen LogP contribution in [0.25, 0.3) is 0 Å². The summed E-state index contributed by atoms with van der Waals surface area (Å²) in [6, 6.07) is 7.88. The van der Waals surface area contributed by atoms with E-state index < -0.39 is 0 Å². The molecule has 0 saturated carbocycles. The number of carbonyl (C=O) groups is 1. The number of aryl methyl sites for hydroxylation is 1. The van der Waals surface area contributed by atoms with Crippen molar-refractivity contribution in [3.05, 3.63) is 41.7 Å². The van der Waals surface area contributed by atoms with Crippen molar-refractivity contribution in [3.63, 3.8) is 0 Å². The Morgan fingerprint density at radius 3 is 2.64 bits per heavy atom. The molecule has 0 spiro atoms. The molecule has 1 saturated heterocycles. The maximum atomic E-state index is 12.2. The van der Waals surface area contributed by atoms with Gasteiger partial charge in [0.15, 0.2) is 5.82 Å². The standard InChI is InChI=1S/C18H24N4O3/c1-13-12-25-21-17(13)20-18(23)19-11-16(22-9-3-4-10-22)14-5-7-15(24-2)8-6-14/h5-8,12,16H,3-4,9-11H2,1-2H3,(H2,19,20,21,23).